The predicted molar refractivity (Wildman–Crippen MR) is 130 cm³/mol. The molecule has 1 aliphatic carbocycles. The molecule has 3 N–H and O–H groups in total. The topological polar surface area (TPSA) is 121 Å². The minimum atomic E-state index is -0.540. The van der Waals surface area contributed by atoms with Crippen molar-refractivity contribution in [1.82, 2.24) is 24.5 Å². The lowest BCUT2D eigenvalue weighted by Crippen LogP contribution is -2.30. The Morgan fingerprint density at radius 3 is 2.47 bits per heavy atom. The van der Waals surface area contributed by atoms with E-state index in [1.165, 1.54) is 0 Å². The molecule has 0 saturated heterocycles. The Morgan fingerprint density at radius 1 is 1.21 bits per heavy atom. The summed E-state index contributed by atoms with van der Waals surface area (Å²) in [6, 6.07) is 5.42. The Kier molecular flexibility index (Phi) is 6.81. The number of carbonyl (C=O) groups excluding carboxylic acids is 2. The molecule has 1 atom stereocenters. The van der Waals surface area contributed by atoms with Gasteiger partial charge in [0, 0.05) is 13.6 Å². The first kappa shape index (κ1) is 23.7. The molecule has 3 aromatic rings. The van der Waals surface area contributed by atoms with Gasteiger partial charge in [0.05, 0.1) is 41.1 Å². The number of hydrogen-bond donors (Lipinski definition) is 2. The van der Waals surface area contributed by atoms with Crippen molar-refractivity contribution >= 4 is 17.5 Å². The van der Waals surface area contributed by atoms with Crippen LogP contribution in [0, 0.1) is 18.8 Å². The van der Waals surface area contributed by atoms with Crippen molar-refractivity contribution in [1.29, 1.82) is 0 Å². The number of nitrogens with zero attached hydrogens (tertiary/aromatic N) is 5. The van der Waals surface area contributed by atoms with Gasteiger partial charge in [0.15, 0.2) is 0 Å². The maximum Gasteiger partial charge on any atom is 0.266 e. The molecule has 0 aliphatic heterocycles. The maximum absolute atomic E-state index is 13.6. The summed E-state index contributed by atoms with van der Waals surface area (Å²) < 4.78 is 3.37. The molecule has 9 nitrogen and oxygen atoms in total. The summed E-state index contributed by atoms with van der Waals surface area (Å²) in [7, 11) is 1.88. The van der Waals surface area contributed by atoms with Gasteiger partial charge in [-0.2, -0.15) is 10.2 Å². The first-order chi connectivity index (χ1) is 16.3. The molecular formula is C25H33N7O2. The Morgan fingerprint density at radius 2 is 1.94 bits per heavy atom. The molecule has 0 aromatic carbocycles. The number of carbonyl (C=O) groups is 2. The molecule has 2 amide bonds. The van der Waals surface area contributed by atoms with Crippen LogP contribution in [-0.4, -0.2) is 36.4 Å². The number of rotatable bonds is 7. The van der Waals surface area contributed by atoms with Gasteiger partial charge in [-0.1, -0.05) is 19.8 Å². The van der Waals surface area contributed by atoms with E-state index in [1.54, 1.807) is 27.8 Å². The van der Waals surface area contributed by atoms with Crippen molar-refractivity contribution in [3.8, 4) is 11.4 Å². The zero-order chi connectivity index (χ0) is 24.4. The summed E-state index contributed by atoms with van der Waals surface area (Å²) in [5, 5.41) is 11.9. The van der Waals surface area contributed by atoms with Crippen LogP contribution in [0.2, 0.25) is 0 Å². The van der Waals surface area contributed by atoms with Crippen LogP contribution < -0.4 is 11.1 Å². The Balaban J connectivity index is 1.60. The van der Waals surface area contributed by atoms with E-state index in [2.05, 4.69) is 27.4 Å². The zero-order valence-electron chi connectivity index (χ0n) is 20.3. The van der Waals surface area contributed by atoms with Gasteiger partial charge in [-0.25, -0.2) is 0 Å². The van der Waals surface area contributed by atoms with Crippen molar-refractivity contribution in [2.45, 2.75) is 58.9 Å². The molecule has 4 rings (SSSR count). The average Bonchev–Trinajstić information content (AvgIpc) is 3.39. The highest BCUT2D eigenvalue weighted by Crippen LogP contribution is 2.38. The molecule has 9 heteroatoms. The Hall–Kier alpha value is -3.49. The number of amides is 2. The van der Waals surface area contributed by atoms with Gasteiger partial charge in [0.1, 0.15) is 5.69 Å². The second-order valence-corrected chi connectivity index (χ2v) is 9.35. The van der Waals surface area contributed by atoms with E-state index in [0.717, 1.165) is 42.6 Å². The number of hydrogen-bond acceptors (Lipinski definition) is 5. The molecule has 1 fully saturated rings. The van der Waals surface area contributed by atoms with Crippen LogP contribution in [0.1, 0.15) is 67.2 Å². The smallest absolute Gasteiger partial charge is 0.266 e. The lowest BCUT2D eigenvalue weighted by molar-refractivity contribution is -0.119. The molecule has 0 radical (unpaired) electrons. The van der Waals surface area contributed by atoms with Crippen molar-refractivity contribution in [2.24, 2.45) is 24.6 Å². The summed E-state index contributed by atoms with van der Waals surface area (Å²) >= 11 is 0. The molecule has 0 bridgehead atoms. The number of aryl methyl sites for hydroxylation is 3. The van der Waals surface area contributed by atoms with Crippen LogP contribution in [-0.2, 0) is 18.4 Å². The first-order valence-corrected chi connectivity index (χ1v) is 11.9. The van der Waals surface area contributed by atoms with Crippen LogP contribution in [0.25, 0.3) is 11.4 Å². The summed E-state index contributed by atoms with van der Waals surface area (Å²) in [5.41, 5.74) is 9.88. The second-order valence-electron chi connectivity index (χ2n) is 9.35. The summed E-state index contributed by atoms with van der Waals surface area (Å²) in [6.45, 7) is 6.65. The quantitative estimate of drug-likeness (QED) is 0.554. The van der Waals surface area contributed by atoms with E-state index >= 15 is 0 Å². The van der Waals surface area contributed by atoms with Crippen LogP contribution in [0.15, 0.2) is 30.6 Å². The highest BCUT2D eigenvalue weighted by atomic mass is 16.2. The van der Waals surface area contributed by atoms with Crippen molar-refractivity contribution in [2.75, 3.05) is 5.32 Å². The highest BCUT2D eigenvalue weighted by molar-refractivity contribution is 5.96. The fourth-order valence-electron chi connectivity index (χ4n) is 4.98. The summed E-state index contributed by atoms with van der Waals surface area (Å²) in [6.07, 6.45) is 7.51. The van der Waals surface area contributed by atoms with E-state index in [9.17, 15) is 9.59 Å². The normalized spacial score (nSPS) is 19.1. The summed E-state index contributed by atoms with van der Waals surface area (Å²) in [4.78, 5) is 30.0. The lowest BCUT2D eigenvalue weighted by atomic mass is 9.75. The van der Waals surface area contributed by atoms with Gasteiger partial charge in [0.2, 0.25) is 5.91 Å². The Labute approximate surface area is 199 Å². The second kappa shape index (κ2) is 9.79. The third-order valence-corrected chi connectivity index (χ3v) is 6.88. The van der Waals surface area contributed by atoms with Crippen LogP contribution in [0.4, 0.5) is 5.69 Å². The predicted octanol–water partition coefficient (Wildman–Crippen LogP) is 3.65. The fourth-order valence-corrected chi connectivity index (χ4v) is 4.98. The van der Waals surface area contributed by atoms with Gasteiger partial charge in [-0.15, -0.1) is 0 Å². The van der Waals surface area contributed by atoms with Crippen molar-refractivity contribution in [3.05, 3.63) is 47.5 Å². The van der Waals surface area contributed by atoms with Gasteiger partial charge in [-0.05, 0) is 62.3 Å². The van der Waals surface area contributed by atoms with Gasteiger partial charge in [0.25, 0.3) is 5.91 Å². The molecule has 1 aliphatic rings. The van der Waals surface area contributed by atoms with Crippen LogP contribution in [0.3, 0.4) is 0 Å². The molecular weight excluding hydrogens is 430 g/mol. The van der Waals surface area contributed by atoms with E-state index in [1.807, 2.05) is 33.0 Å². The third-order valence-electron chi connectivity index (χ3n) is 6.88. The minimum Gasteiger partial charge on any atom is -0.364 e. The molecule has 0 spiro atoms. The number of primary amides is 1. The zero-order valence-corrected chi connectivity index (χ0v) is 20.3. The molecule has 1 saturated carbocycles. The van der Waals surface area contributed by atoms with Gasteiger partial charge in [-0.3, -0.25) is 23.9 Å². The first-order valence-electron chi connectivity index (χ1n) is 11.9. The standard InChI is InChI=1S/C25H33N7O2/c1-5-32-21(24(26)33)12-20(30-32)22(17-8-6-15(2)7-9-17)25(34)29-18-10-11-19(27-14-18)23-16(3)13-28-31(23)4/h10-15,17,22H,5-9H2,1-4H3,(H2,26,33)(H,29,34). The number of aromatic nitrogens is 5. The van der Waals surface area contributed by atoms with E-state index in [-0.39, 0.29) is 11.8 Å². The van der Waals surface area contributed by atoms with E-state index < -0.39 is 11.8 Å². The maximum atomic E-state index is 13.6. The number of pyridine rings is 1. The largest absolute Gasteiger partial charge is 0.364 e. The number of anilines is 1. The molecule has 34 heavy (non-hydrogen) atoms. The molecule has 3 heterocycles. The number of nitrogens with two attached hydrogens (primary N) is 1. The molecule has 180 valence electrons. The fraction of sp³-hybridized carbons (Fsp3) is 0.480. The average molecular weight is 464 g/mol. The lowest BCUT2D eigenvalue weighted by Gasteiger charge is -2.31. The molecule has 1 unspecified atom stereocenters. The van der Waals surface area contributed by atoms with Gasteiger partial charge < -0.3 is 11.1 Å². The SMILES string of the molecule is CCn1nc(C(C(=O)Nc2ccc(-c3c(C)cnn3C)nc2)C2CCC(C)CC2)cc1C(N)=O. The number of nitrogens with one attached hydrogen (secondary N) is 1. The van der Waals surface area contributed by atoms with Crippen molar-refractivity contribution < 1.29 is 9.59 Å². The van der Waals surface area contributed by atoms with Crippen LogP contribution in [0.5, 0.6) is 0 Å². The van der Waals surface area contributed by atoms with E-state index in [0.29, 0.717) is 29.5 Å². The third kappa shape index (κ3) is 4.73. The van der Waals surface area contributed by atoms with Gasteiger partial charge >= 0.3 is 0 Å². The molecule has 3 aromatic heterocycles. The van der Waals surface area contributed by atoms with Crippen molar-refractivity contribution in [3.63, 3.8) is 0 Å². The van der Waals surface area contributed by atoms with E-state index in [4.69, 9.17) is 5.73 Å². The minimum absolute atomic E-state index is 0.136. The Bertz CT molecular complexity index is 1150. The van der Waals surface area contributed by atoms with Crippen LogP contribution >= 0.6 is 0 Å². The highest BCUT2D eigenvalue weighted by Gasteiger charge is 2.35. The monoisotopic (exact) mass is 463 g/mol. The summed E-state index contributed by atoms with van der Waals surface area (Å²) in [5.74, 6) is -0.328.